The van der Waals surface area contributed by atoms with E-state index in [0.717, 1.165) is 38.9 Å². The molecule has 0 unspecified atom stereocenters. The van der Waals surface area contributed by atoms with Crippen molar-refractivity contribution < 1.29 is 9.53 Å². The number of pyridine rings is 1. The van der Waals surface area contributed by atoms with Crippen molar-refractivity contribution >= 4 is 11.6 Å². The van der Waals surface area contributed by atoms with Crippen molar-refractivity contribution in [3.63, 3.8) is 0 Å². The van der Waals surface area contributed by atoms with E-state index in [9.17, 15) is 4.79 Å². The normalized spacial score (nSPS) is 16.7. The number of para-hydroxylation sites is 2. The third-order valence-electron chi connectivity index (χ3n) is 5.44. The molecule has 4 rings (SSSR count). The third-order valence-corrected chi connectivity index (χ3v) is 5.44. The van der Waals surface area contributed by atoms with Crippen molar-refractivity contribution in [3.8, 4) is 11.5 Å². The van der Waals surface area contributed by atoms with E-state index in [2.05, 4.69) is 39.5 Å². The van der Waals surface area contributed by atoms with Gasteiger partial charge < -0.3 is 15.0 Å². The Kier molecular flexibility index (Phi) is 6.72. The number of likely N-dealkylation sites (tertiary alicyclic amines) is 1. The van der Waals surface area contributed by atoms with Gasteiger partial charge in [0.2, 0.25) is 5.91 Å². The molecule has 0 radical (unpaired) electrons. The topological polar surface area (TPSA) is 54.5 Å². The van der Waals surface area contributed by atoms with Gasteiger partial charge in [-0.25, -0.2) is 0 Å². The zero-order chi connectivity index (χ0) is 20.6. The minimum absolute atomic E-state index is 0.0130. The molecule has 3 aromatic rings. The first-order valence-electron chi connectivity index (χ1n) is 10.5. The molecule has 0 bridgehead atoms. The van der Waals surface area contributed by atoms with Crippen LogP contribution in [0.4, 0.5) is 5.69 Å². The van der Waals surface area contributed by atoms with Crippen LogP contribution in [0, 0.1) is 5.92 Å². The second-order valence-corrected chi connectivity index (χ2v) is 7.65. The quantitative estimate of drug-likeness (QED) is 0.620. The van der Waals surface area contributed by atoms with E-state index in [1.807, 2.05) is 42.5 Å². The lowest BCUT2D eigenvalue weighted by Gasteiger charge is -2.32. The van der Waals surface area contributed by atoms with Crippen molar-refractivity contribution in [2.24, 2.45) is 5.92 Å². The largest absolute Gasteiger partial charge is 0.454 e. The Bertz CT molecular complexity index is 947. The molecule has 1 aliphatic rings. The maximum atomic E-state index is 13.0. The number of hydrogen-bond acceptors (Lipinski definition) is 4. The first-order valence-corrected chi connectivity index (χ1v) is 10.5. The van der Waals surface area contributed by atoms with Crippen molar-refractivity contribution in [2.75, 3.05) is 25.0 Å². The number of carbonyl (C=O) groups excluding carboxylic acids is 1. The Morgan fingerprint density at radius 3 is 2.73 bits per heavy atom. The number of aromatic nitrogens is 1. The van der Waals surface area contributed by atoms with E-state index < -0.39 is 0 Å². The Morgan fingerprint density at radius 2 is 1.90 bits per heavy atom. The van der Waals surface area contributed by atoms with Crippen LogP contribution in [0.2, 0.25) is 0 Å². The first kappa shape index (κ1) is 20.1. The van der Waals surface area contributed by atoms with Crippen LogP contribution in [0.1, 0.15) is 18.4 Å². The zero-order valence-corrected chi connectivity index (χ0v) is 17.0. The minimum Gasteiger partial charge on any atom is -0.454 e. The van der Waals surface area contributed by atoms with Gasteiger partial charge in [0, 0.05) is 19.3 Å². The van der Waals surface area contributed by atoms with Crippen molar-refractivity contribution in [2.45, 2.75) is 19.3 Å². The molecule has 0 spiro atoms. The summed E-state index contributed by atoms with van der Waals surface area (Å²) in [6.45, 7) is 2.83. The van der Waals surface area contributed by atoms with Crippen LogP contribution in [0.25, 0.3) is 0 Å². The highest BCUT2D eigenvalue weighted by Crippen LogP contribution is 2.30. The molecule has 1 aromatic heterocycles. The van der Waals surface area contributed by atoms with Crippen LogP contribution in [0.5, 0.6) is 11.5 Å². The summed E-state index contributed by atoms with van der Waals surface area (Å²) in [5.41, 5.74) is 2.03. The van der Waals surface area contributed by atoms with Gasteiger partial charge in [0.05, 0.1) is 17.8 Å². The standard InChI is InChI=1S/C25H27N3O2/c29-25(21-10-7-16-28(19-21)17-14-20-8-2-1-3-9-20)27-23-12-4-5-13-24(23)30-22-11-6-15-26-18-22/h1-6,8-9,11-13,15,18,21H,7,10,14,16-17,19H2,(H,27,29)/t21-/m0/s1. The van der Waals surface area contributed by atoms with Gasteiger partial charge in [0.15, 0.2) is 5.75 Å². The predicted molar refractivity (Wildman–Crippen MR) is 119 cm³/mol. The van der Waals surface area contributed by atoms with Crippen LogP contribution in [0.15, 0.2) is 79.1 Å². The van der Waals surface area contributed by atoms with E-state index in [1.165, 1.54) is 5.56 Å². The Hall–Kier alpha value is -3.18. The van der Waals surface area contributed by atoms with Crippen LogP contribution in [-0.4, -0.2) is 35.4 Å². The maximum Gasteiger partial charge on any atom is 0.228 e. The molecule has 2 heterocycles. The highest BCUT2D eigenvalue weighted by Gasteiger charge is 2.26. The molecule has 1 atom stereocenters. The van der Waals surface area contributed by atoms with E-state index in [4.69, 9.17) is 4.74 Å². The van der Waals surface area contributed by atoms with Crippen molar-refractivity contribution in [3.05, 3.63) is 84.7 Å². The summed E-state index contributed by atoms with van der Waals surface area (Å²) in [6, 6.07) is 21.7. The minimum atomic E-state index is -0.0130. The lowest BCUT2D eigenvalue weighted by molar-refractivity contribution is -0.121. The summed E-state index contributed by atoms with van der Waals surface area (Å²) in [5, 5.41) is 3.08. The van der Waals surface area contributed by atoms with Crippen LogP contribution < -0.4 is 10.1 Å². The lowest BCUT2D eigenvalue weighted by Crippen LogP contribution is -2.41. The van der Waals surface area contributed by atoms with Gasteiger partial charge in [0.25, 0.3) is 0 Å². The van der Waals surface area contributed by atoms with Crippen LogP contribution in [0.3, 0.4) is 0 Å². The molecular weight excluding hydrogens is 374 g/mol. The van der Waals surface area contributed by atoms with Crippen molar-refractivity contribution in [1.29, 1.82) is 0 Å². The average Bonchev–Trinajstić information content (AvgIpc) is 2.80. The second kappa shape index (κ2) is 10.0. The summed E-state index contributed by atoms with van der Waals surface area (Å²) in [5.74, 6) is 1.31. The molecule has 1 N–H and O–H groups in total. The maximum absolute atomic E-state index is 13.0. The Labute approximate surface area is 177 Å². The van der Waals surface area contributed by atoms with E-state index in [1.54, 1.807) is 12.4 Å². The van der Waals surface area contributed by atoms with E-state index in [-0.39, 0.29) is 11.8 Å². The zero-order valence-electron chi connectivity index (χ0n) is 17.0. The highest BCUT2D eigenvalue weighted by atomic mass is 16.5. The molecule has 1 aliphatic heterocycles. The summed E-state index contributed by atoms with van der Waals surface area (Å²) >= 11 is 0. The van der Waals surface area contributed by atoms with Crippen LogP contribution in [-0.2, 0) is 11.2 Å². The molecule has 1 amide bonds. The summed E-state index contributed by atoms with van der Waals surface area (Å²) in [4.78, 5) is 19.5. The second-order valence-electron chi connectivity index (χ2n) is 7.65. The average molecular weight is 402 g/mol. The van der Waals surface area contributed by atoms with Crippen molar-refractivity contribution in [1.82, 2.24) is 9.88 Å². The summed E-state index contributed by atoms with van der Waals surface area (Å²) in [6.07, 6.45) is 6.33. The van der Waals surface area contributed by atoms with Gasteiger partial charge in [-0.3, -0.25) is 9.78 Å². The number of ether oxygens (including phenoxy) is 1. The predicted octanol–water partition coefficient (Wildman–Crippen LogP) is 4.77. The molecule has 0 aliphatic carbocycles. The smallest absolute Gasteiger partial charge is 0.228 e. The number of piperidine rings is 1. The number of amides is 1. The molecule has 5 nitrogen and oxygen atoms in total. The number of anilines is 1. The number of rotatable bonds is 7. The lowest BCUT2D eigenvalue weighted by atomic mass is 9.96. The third kappa shape index (κ3) is 5.45. The van der Waals surface area contributed by atoms with Gasteiger partial charge in [-0.2, -0.15) is 0 Å². The fraction of sp³-hybridized carbons (Fsp3) is 0.280. The number of carbonyl (C=O) groups is 1. The molecule has 2 aromatic carbocycles. The van der Waals surface area contributed by atoms with Gasteiger partial charge in [-0.15, -0.1) is 0 Å². The summed E-state index contributed by atoms with van der Waals surface area (Å²) in [7, 11) is 0. The summed E-state index contributed by atoms with van der Waals surface area (Å²) < 4.78 is 5.92. The fourth-order valence-corrected chi connectivity index (χ4v) is 3.83. The molecule has 1 fully saturated rings. The number of hydrogen-bond donors (Lipinski definition) is 1. The number of benzene rings is 2. The molecule has 1 saturated heterocycles. The molecule has 0 saturated carbocycles. The Balaban J connectivity index is 1.35. The first-order chi connectivity index (χ1) is 14.8. The number of nitrogens with one attached hydrogen (secondary N) is 1. The number of nitrogens with zero attached hydrogens (tertiary/aromatic N) is 2. The van der Waals surface area contributed by atoms with Crippen LogP contribution >= 0.6 is 0 Å². The SMILES string of the molecule is O=C(Nc1ccccc1Oc1cccnc1)[C@H]1CCCN(CCc2ccccc2)C1. The Morgan fingerprint density at radius 1 is 1.07 bits per heavy atom. The molecule has 154 valence electrons. The monoisotopic (exact) mass is 401 g/mol. The van der Waals surface area contributed by atoms with Gasteiger partial charge >= 0.3 is 0 Å². The highest BCUT2D eigenvalue weighted by molar-refractivity contribution is 5.94. The molecule has 5 heteroatoms. The van der Waals surface area contributed by atoms with Gasteiger partial charge in [0.1, 0.15) is 5.75 Å². The van der Waals surface area contributed by atoms with E-state index >= 15 is 0 Å². The fourth-order valence-electron chi connectivity index (χ4n) is 3.83. The van der Waals surface area contributed by atoms with E-state index in [0.29, 0.717) is 17.2 Å². The molecule has 30 heavy (non-hydrogen) atoms. The van der Waals surface area contributed by atoms with Gasteiger partial charge in [-0.05, 0) is 55.6 Å². The molecular formula is C25H27N3O2. The van der Waals surface area contributed by atoms with Gasteiger partial charge in [-0.1, -0.05) is 42.5 Å².